The van der Waals surface area contributed by atoms with Crippen LogP contribution in [0.4, 0.5) is 0 Å². The van der Waals surface area contributed by atoms with Gasteiger partial charge in [-0.05, 0) is 49.9 Å². The van der Waals surface area contributed by atoms with E-state index in [2.05, 4.69) is 6.07 Å². The first-order valence-electron chi connectivity index (χ1n) is 8.08. The van der Waals surface area contributed by atoms with Gasteiger partial charge < -0.3 is 9.47 Å². The first-order valence-corrected chi connectivity index (χ1v) is 9.93. The predicted molar refractivity (Wildman–Crippen MR) is 91.5 cm³/mol. The van der Waals surface area contributed by atoms with E-state index in [9.17, 15) is 13.2 Å². The zero-order valence-electron chi connectivity index (χ0n) is 14.4. The third-order valence-corrected chi connectivity index (χ3v) is 5.35. The van der Waals surface area contributed by atoms with Crippen LogP contribution < -0.4 is 4.74 Å². The molecule has 0 saturated carbocycles. The zero-order valence-corrected chi connectivity index (χ0v) is 15.3. The highest BCUT2D eigenvalue weighted by Gasteiger charge is 2.29. The number of piperidine rings is 1. The molecule has 1 fully saturated rings. The van der Waals surface area contributed by atoms with E-state index >= 15 is 0 Å². The Labute approximate surface area is 143 Å². The molecule has 134 valence electrons. The van der Waals surface area contributed by atoms with Gasteiger partial charge in [-0.1, -0.05) is 6.07 Å². The molecule has 1 aliphatic rings. The van der Waals surface area contributed by atoms with Crippen molar-refractivity contribution in [2.75, 3.05) is 32.6 Å². The van der Waals surface area contributed by atoms with Crippen molar-refractivity contribution in [2.45, 2.75) is 26.7 Å². The second-order valence-corrected chi connectivity index (χ2v) is 8.26. The summed E-state index contributed by atoms with van der Waals surface area (Å²) in [5.74, 6) is 0.265. The van der Waals surface area contributed by atoms with Crippen LogP contribution in [0.3, 0.4) is 0 Å². The summed E-state index contributed by atoms with van der Waals surface area (Å²) < 4.78 is 35.2. The van der Waals surface area contributed by atoms with Crippen molar-refractivity contribution < 1.29 is 22.7 Å². The summed E-state index contributed by atoms with van der Waals surface area (Å²) in [6.45, 7) is 5.25. The van der Waals surface area contributed by atoms with Gasteiger partial charge in [-0.2, -0.15) is 0 Å². The standard InChI is InChI=1S/C17H25NO5S/c1-13-10-14(2)12-16(11-13)22-8-9-23-17(19)15-4-6-18(7-5-15)24(3,20)21/h10-12,15H,4-9H2,1-3H3. The van der Waals surface area contributed by atoms with Gasteiger partial charge in [0, 0.05) is 13.1 Å². The number of sulfonamides is 1. The maximum absolute atomic E-state index is 12.0. The molecule has 0 spiro atoms. The molecule has 0 aromatic heterocycles. The van der Waals surface area contributed by atoms with Crippen molar-refractivity contribution in [2.24, 2.45) is 5.92 Å². The Bertz CT molecular complexity index is 658. The molecule has 0 unspecified atom stereocenters. The first kappa shape index (κ1) is 18.7. The Balaban J connectivity index is 1.70. The smallest absolute Gasteiger partial charge is 0.309 e. The van der Waals surface area contributed by atoms with Crippen molar-refractivity contribution >= 4 is 16.0 Å². The van der Waals surface area contributed by atoms with Crippen molar-refractivity contribution in [3.8, 4) is 5.75 Å². The van der Waals surface area contributed by atoms with Crippen LogP contribution in [0.5, 0.6) is 5.75 Å². The van der Waals surface area contributed by atoms with Crippen LogP contribution in [0, 0.1) is 19.8 Å². The summed E-state index contributed by atoms with van der Waals surface area (Å²) in [6, 6.07) is 5.95. The molecule has 2 rings (SSSR count). The lowest BCUT2D eigenvalue weighted by molar-refractivity contribution is -0.150. The van der Waals surface area contributed by atoms with Gasteiger partial charge in [0.2, 0.25) is 10.0 Å². The van der Waals surface area contributed by atoms with E-state index in [4.69, 9.17) is 9.47 Å². The zero-order chi connectivity index (χ0) is 17.7. The molecule has 7 heteroatoms. The second kappa shape index (κ2) is 7.98. The molecule has 1 heterocycles. The number of nitrogens with zero attached hydrogens (tertiary/aromatic N) is 1. The van der Waals surface area contributed by atoms with Gasteiger partial charge in [-0.15, -0.1) is 0 Å². The quantitative estimate of drug-likeness (QED) is 0.576. The highest BCUT2D eigenvalue weighted by molar-refractivity contribution is 7.88. The lowest BCUT2D eigenvalue weighted by Gasteiger charge is -2.28. The fourth-order valence-corrected chi connectivity index (χ4v) is 3.73. The highest BCUT2D eigenvalue weighted by Crippen LogP contribution is 2.20. The Morgan fingerprint density at radius 1 is 1.12 bits per heavy atom. The SMILES string of the molecule is Cc1cc(C)cc(OCCOC(=O)C2CCN(S(C)(=O)=O)CC2)c1. The molecule has 1 saturated heterocycles. The van der Waals surface area contributed by atoms with Gasteiger partial charge in [0.05, 0.1) is 12.2 Å². The molecular weight excluding hydrogens is 330 g/mol. The molecule has 0 atom stereocenters. The third-order valence-electron chi connectivity index (χ3n) is 4.05. The van der Waals surface area contributed by atoms with Crippen LogP contribution >= 0.6 is 0 Å². The summed E-state index contributed by atoms with van der Waals surface area (Å²) in [7, 11) is -3.17. The summed E-state index contributed by atoms with van der Waals surface area (Å²) in [5, 5.41) is 0. The molecule has 0 bridgehead atoms. The molecule has 6 nitrogen and oxygen atoms in total. The molecule has 1 aromatic rings. The summed E-state index contributed by atoms with van der Waals surface area (Å²) in [5.41, 5.74) is 2.25. The monoisotopic (exact) mass is 355 g/mol. The lowest BCUT2D eigenvalue weighted by atomic mass is 9.98. The second-order valence-electron chi connectivity index (χ2n) is 6.28. The number of hydrogen-bond acceptors (Lipinski definition) is 5. The van der Waals surface area contributed by atoms with Gasteiger partial charge in [0.1, 0.15) is 19.0 Å². The summed E-state index contributed by atoms with van der Waals surface area (Å²) in [4.78, 5) is 12.0. The Morgan fingerprint density at radius 3 is 2.25 bits per heavy atom. The minimum absolute atomic E-state index is 0.193. The van der Waals surface area contributed by atoms with Crippen LogP contribution in [0.15, 0.2) is 18.2 Å². The van der Waals surface area contributed by atoms with Gasteiger partial charge in [-0.3, -0.25) is 4.79 Å². The van der Waals surface area contributed by atoms with Gasteiger partial charge >= 0.3 is 5.97 Å². The van der Waals surface area contributed by atoms with E-state index < -0.39 is 10.0 Å². The maximum Gasteiger partial charge on any atom is 0.309 e. The first-order chi connectivity index (χ1) is 11.3. The van der Waals surface area contributed by atoms with Crippen LogP contribution in [-0.2, 0) is 19.6 Å². The molecule has 1 aromatic carbocycles. The van der Waals surface area contributed by atoms with Crippen molar-refractivity contribution in [1.29, 1.82) is 0 Å². The lowest BCUT2D eigenvalue weighted by Crippen LogP contribution is -2.40. The average Bonchev–Trinajstić information content (AvgIpc) is 2.50. The number of carbonyl (C=O) groups excluding carboxylic acids is 1. The van der Waals surface area contributed by atoms with E-state index in [1.165, 1.54) is 10.6 Å². The number of ether oxygens (including phenoxy) is 2. The van der Waals surface area contributed by atoms with Crippen LogP contribution in [0.1, 0.15) is 24.0 Å². The van der Waals surface area contributed by atoms with Crippen molar-refractivity contribution in [3.05, 3.63) is 29.3 Å². The fraction of sp³-hybridized carbons (Fsp3) is 0.588. The Morgan fingerprint density at radius 2 is 1.71 bits per heavy atom. The van der Waals surface area contributed by atoms with E-state index in [0.29, 0.717) is 32.5 Å². The predicted octanol–water partition coefficient (Wildman–Crippen LogP) is 1.90. The largest absolute Gasteiger partial charge is 0.490 e. The number of benzene rings is 1. The minimum Gasteiger partial charge on any atom is -0.490 e. The number of esters is 1. The highest BCUT2D eigenvalue weighted by atomic mass is 32.2. The normalized spacial score (nSPS) is 16.8. The van der Waals surface area contributed by atoms with Crippen LogP contribution in [-0.4, -0.2) is 51.3 Å². The van der Waals surface area contributed by atoms with Crippen LogP contribution in [0.2, 0.25) is 0 Å². The van der Waals surface area contributed by atoms with Gasteiger partial charge in [0.15, 0.2) is 0 Å². The van der Waals surface area contributed by atoms with Gasteiger partial charge in [0.25, 0.3) is 0 Å². The maximum atomic E-state index is 12.0. The van der Waals surface area contributed by atoms with E-state index in [0.717, 1.165) is 16.9 Å². The minimum atomic E-state index is -3.17. The van der Waals surface area contributed by atoms with Crippen molar-refractivity contribution in [1.82, 2.24) is 4.31 Å². The average molecular weight is 355 g/mol. The summed E-state index contributed by atoms with van der Waals surface area (Å²) >= 11 is 0. The molecule has 0 radical (unpaired) electrons. The molecule has 0 aliphatic carbocycles. The number of carbonyl (C=O) groups is 1. The molecular formula is C17H25NO5S. The Kier molecular flexibility index (Phi) is 6.23. The topological polar surface area (TPSA) is 72.9 Å². The van der Waals surface area contributed by atoms with E-state index in [-0.39, 0.29) is 18.5 Å². The molecule has 0 N–H and O–H groups in total. The number of aryl methyl sites for hydroxylation is 2. The van der Waals surface area contributed by atoms with E-state index in [1.807, 2.05) is 26.0 Å². The molecule has 24 heavy (non-hydrogen) atoms. The third kappa shape index (κ3) is 5.49. The number of rotatable bonds is 6. The van der Waals surface area contributed by atoms with Crippen LogP contribution in [0.25, 0.3) is 0 Å². The molecule has 1 aliphatic heterocycles. The van der Waals surface area contributed by atoms with Gasteiger partial charge in [-0.25, -0.2) is 12.7 Å². The van der Waals surface area contributed by atoms with E-state index in [1.54, 1.807) is 0 Å². The van der Waals surface area contributed by atoms with Crippen molar-refractivity contribution in [3.63, 3.8) is 0 Å². The molecule has 0 amide bonds. The fourth-order valence-electron chi connectivity index (χ4n) is 2.86. The number of hydrogen-bond donors (Lipinski definition) is 0. The Hall–Kier alpha value is -1.60. The summed E-state index contributed by atoms with van der Waals surface area (Å²) in [6.07, 6.45) is 2.20.